The van der Waals surface area contributed by atoms with E-state index in [1.807, 2.05) is 28.8 Å². The number of carbonyl (C=O) groups excluding carboxylic acids is 2. The maximum absolute atomic E-state index is 12.2. The molecule has 0 aromatic rings. The van der Waals surface area contributed by atoms with Gasteiger partial charge in [-0.2, -0.15) is 0 Å². The van der Waals surface area contributed by atoms with Crippen molar-refractivity contribution >= 4 is 11.9 Å². The zero-order chi connectivity index (χ0) is 15.9. The average Bonchev–Trinajstić information content (AvgIpc) is 2.53. The minimum atomic E-state index is -0.00714. The SMILES string of the molecule is CN(C)CCC(=O)N1CCN(C(=O)NC2CCOCC2)CC1. The van der Waals surface area contributed by atoms with E-state index >= 15 is 0 Å². The number of carbonyl (C=O) groups is 2. The van der Waals surface area contributed by atoms with Crippen LogP contribution < -0.4 is 5.32 Å². The Bertz CT molecular complexity index is 375. The van der Waals surface area contributed by atoms with Gasteiger partial charge >= 0.3 is 6.03 Å². The summed E-state index contributed by atoms with van der Waals surface area (Å²) >= 11 is 0. The third kappa shape index (κ3) is 5.14. The number of nitrogens with zero attached hydrogens (tertiary/aromatic N) is 3. The van der Waals surface area contributed by atoms with Crippen molar-refractivity contribution in [2.75, 3.05) is 60.0 Å². The molecule has 2 aliphatic heterocycles. The van der Waals surface area contributed by atoms with Crippen LogP contribution in [-0.2, 0) is 9.53 Å². The van der Waals surface area contributed by atoms with E-state index in [0.29, 0.717) is 32.6 Å². The number of hydrogen-bond donors (Lipinski definition) is 1. The Morgan fingerprint density at radius 2 is 1.68 bits per heavy atom. The molecule has 0 aromatic carbocycles. The number of rotatable bonds is 4. The minimum absolute atomic E-state index is 0.00714. The summed E-state index contributed by atoms with van der Waals surface area (Å²) < 4.78 is 5.29. The molecule has 2 fully saturated rings. The van der Waals surface area contributed by atoms with E-state index in [-0.39, 0.29) is 18.0 Å². The van der Waals surface area contributed by atoms with Gasteiger partial charge in [-0.15, -0.1) is 0 Å². The molecular weight excluding hydrogens is 284 g/mol. The number of amides is 3. The van der Waals surface area contributed by atoms with Crippen LogP contribution >= 0.6 is 0 Å². The fourth-order valence-corrected chi connectivity index (χ4v) is 2.74. The van der Waals surface area contributed by atoms with Crippen molar-refractivity contribution < 1.29 is 14.3 Å². The van der Waals surface area contributed by atoms with E-state index in [9.17, 15) is 9.59 Å². The lowest BCUT2D eigenvalue weighted by atomic mass is 10.1. The molecule has 0 aromatic heterocycles. The van der Waals surface area contributed by atoms with E-state index in [1.54, 1.807) is 0 Å². The zero-order valence-electron chi connectivity index (χ0n) is 13.7. The van der Waals surface area contributed by atoms with Crippen molar-refractivity contribution in [1.82, 2.24) is 20.0 Å². The lowest BCUT2D eigenvalue weighted by Crippen LogP contribution is -2.55. The Morgan fingerprint density at radius 1 is 1.09 bits per heavy atom. The lowest BCUT2D eigenvalue weighted by Gasteiger charge is -2.36. The molecule has 0 bridgehead atoms. The third-order valence-corrected chi connectivity index (χ3v) is 4.24. The quantitative estimate of drug-likeness (QED) is 0.792. The van der Waals surface area contributed by atoms with Crippen LogP contribution in [0.15, 0.2) is 0 Å². The highest BCUT2D eigenvalue weighted by Gasteiger charge is 2.25. The van der Waals surface area contributed by atoms with Crippen LogP contribution in [0.1, 0.15) is 19.3 Å². The van der Waals surface area contributed by atoms with Crippen molar-refractivity contribution in [3.63, 3.8) is 0 Å². The van der Waals surface area contributed by atoms with E-state index in [4.69, 9.17) is 4.74 Å². The smallest absolute Gasteiger partial charge is 0.317 e. The van der Waals surface area contributed by atoms with Gasteiger partial charge in [0, 0.05) is 58.4 Å². The number of ether oxygens (including phenoxy) is 1. The van der Waals surface area contributed by atoms with Gasteiger partial charge in [-0.25, -0.2) is 4.79 Å². The van der Waals surface area contributed by atoms with Crippen LogP contribution in [0, 0.1) is 0 Å². The molecule has 0 saturated carbocycles. The van der Waals surface area contributed by atoms with E-state index in [2.05, 4.69) is 5.32 Å². The minimum Gasteiger partial charge on any atom is -0.381 e. The Morgan fingerprint density at radius 3 is 2.27 bits per heavy atom. The summed E-state index contributed by atoms with van der Waals surface area (Å²) in [7, 11) is 3.93. The second kappa shape index (κ2) is 8.33. The normalized spacial score (nSPS) is 20.3. The lowest BCUT2D eigenvalue weighted by molar-refractivity contribution is -0.132. The largest absolute Gasteiger partial charge is 0.381 e. The summed E-state index contributed by atoms with van der Waals surface area (Å²) in [6, 6.07) is 0.216. The van der Waals surface area contributed by atoms with Crippen LogP contribution in [0.5, 0.6) is 0 Å². The molecule has 7 nitrogen and oxygen atoms in total. The first-order valence-electron chi connectivity index (χ1n) is 8.12. The molecule has 2 rings (SSSR count). The molecule has 2 heterocycles. The molecule has 2 saturated heterocycles. The molecule has 0 aliphatic carbocycles. The van der Waals surface area contributed by atoms with Gasteiger partial charge in [-0.3, -0.25) is 4.79 Å². The molecule has 126 valence electrons. The zero-order valence-corrected chi connectivity index (χ0v) is 13.7. The molecule has 1 N–H and O–H groups in total. The molecule has 22 heavy (non-hydrogen) atoms. The van der Waals surface area contributed by atoms with Crippen LogP contribution in [0.3, 0.4) is 0 Å². The summed E-state index contributed by atoms with van der Waals surface area (Å²) in [4.78, 5) is 30.0. The van der Waals surface area contributed by atoms with E-state index < -0.39 is 0 Å². The fourth-order valence-electron chi connectivity index (χ4n) is 2.74. The maximum Gasteiger partial charge on any atom is 0.317 e. The molecule has 0 radical (unpaired) electrons. The highest BCUT2D eigenvalue weighted by molar-refractivity contribution is 5.78. The van der Waals surface area contributed by atoms with Crippen molar-refractivity contribution in [2.24, 2.45) is 0 Å². The predicted molar refractivity (Wildman–Crippen MR) is 83.7 cm³/mol. The second-order valence-electron chi connectivity index (χ2n) is 6.26. The van der Waals surface area contributed by atoms with Crippen molar-refractivity contribution in [3.8, 4) is 0 Å². The van der Waals surface area contributed by atoms with Crippen LogP contribution in [0.25, 0.3) is 0 Å². The Balaban J connectivity index is 1.69. The summed E-state index contributed by atoms with van der Waals surface area (Å²) in [5.74, 6) is 0.179. The molecule has 2 aliphatic rings. The summed E-state index contributed by atoms with van der Waals surface area (Å²) in [5.41, 5.74) is 0. The van der Waals surface area contributed by atoms with Gasteiger partial charge in [0.2, 0.25) is 5.91 Å². The Hall–Kier alpha value is -1.34. The van der Waals surface area contributed by atoms with Gasteiger partial charge in [-0.05, 0) is 26.9 Å². The molecule has 7 heteroatoms. The van der Waals surface area contributed by atoms with Crippen molar-refractivity contribution in [2.45, 2.75) is 25.3 Å². The number of nitrogens with one attached hydrogen (secondary N) is 1. The first kappa shape index (κ1) is 17.0. The summed E-state index contributed by atoms with van der Waals surface area (Å²) in [6.45, 7) is 4.70. The Kier molecular flexibility index (Phi) is 6.45. The summed E-state index contributed by atoms with van der Waals surface area (Å²) in [5, 5.41) is 3.07. The topological polar surface area (TPSA) is 65.1 Å². The van der Waals surface area contributed by atoms with Crippen LogP contribution in [0.4, 0.5) is 4.79 Å². The first-order valence-corrected chi connectivity index (χ1v) is 8.12. The monoisotopic (exact) mass is 312 g/mol. The van der Waals surface area contributed by atoms with Gasteiger partial charge in [0.1, 0.15) is 0 Å². The van der Waals surface area contributed by atoms with Gasteiger partial charge in [0.05, 0.1) is 0 Å². The second-order valence-corrected chi connectivity index (χ2v) is 6.26. The molecular formula is C15H28N4O3. The average molecular weight is 312 g/mol. The third-order valence-electron chi connectivity index (χ3n) is 4.24. The van der Waals surface area contributed by atoms with E-state index in [0.717, 1.165) is 32.6 Å². The summed E-state index contributed by atoms with van der Waals surface area (Å²) in [6.07, 6.45) is 2.31. The highest BCUT2D eigenvalue weighted by atomic mass is 16.5. The molecule has 3 amide bonds. The van der Waals surface area contributed by atoms with Gasteiger partial charge in [-0.1, -0.05) is 0 Å². The van der Waals surface area contributed by atoms with Crippen LogP contribution in [0.2, 0.25) is 0 Å². The molecule has 0 spiro atoms. The maximum atomic E-state index is 12.2. The standard InChI is InChI=1S/C15H28N4O3/c1-17(2)6-3-14(20)18-7-9-19(10-8-18)15(21)16-13-4-11-22-12-5-13/h13H,3-12H2,1-2H3,(H,16,21). The molecule has 0 unspecified atom stereocenters. The number of hydrogen-bond acceptors (Lipinski definition) is 4. The fraction of sp³-hybridized carbons (Fsp3) is 0.867. The molecule has 0 atom stereocenters. The van der Waals surface area contributed by atoms with Gasteiger partial charge in [0.15, 0.2) is 0 Å². The highest BCUT2D eigenvalue weighted by Crippen LogP contribution is 2.09. The van der Waals surface area contributed by atoms with Crippen molar-refractivity contribution in [1.29, 1.82) is 0 Å². The predicted octanol–water partition coefficient (Wildman–Crippen LogP) is -0.0291. The van der Waals surface area contributed by atoms with Crippen LogP contribution in [-0.4, -0.2) is 92.7 Å². The number of piperazine rings is 1. The number of urea groups is 1. The van der Waals surface area contributed by atoms with Crippen molar-refractivity contribution in [3.05, 3.63) is 0 Å². The Labute approximate surface area is 132 Å². The first-order chi connectivity index (χ1) is 10.6. The van der Waals surface area contributed by atoms with Gasteiger partial charge in [0.25, 0.3) is 0 Å². The van der Waals surface area contributed by atoms with Gasteiger partial charge < -0.3 is 24.8 Å². The van der Waals surface area contributed by atoms with E-state index in [1.165, 1.54) is 0 Å².